The van der Waals surface area contributed by atoms with Crippen molar-refractivity contribution in [2.24, 2.45) is 0 Å². The quantitative estimate of drug-likeness (QED) is 0.825. The van der Waals surface area contributed by atoms with Gasteiger partial charge in [-0.25, -0.2) is 4.79 Å². The van der Waals surface area contributed by atoms with Gasteiger partial charge >= 0.3 is 6.09 Å². The van der Waals surface area contributed by atoms with E-state index in [1.165, 1.54) is 4.90 Å². The molecule has 1 aromatic rings. The van der Waals surface area contributed by atoms with Gasteiger partial charge in [0.15, 0.2) is 0 Å². The molecule has 0 aliphatic heterocycles. The Morgan fingerprint density at radius 2 is 1.88 bits per heavy atom. The number of carbonyl (C=O) groups is 2. The summed E-state index contributed by atoms with van der Waals surface area (Å²) in [5, 5.41) is 2.36. The number of carbonyl (C=O) groups excluding carboxylic acids is 2. The number of nitrogens with zero attached hydrogens (tertiary/aromatic N) is 1. The zero-order valence-corrected chi connectivity index (χ0v) is 9.27. The van der Waals surface area contributed by atoms with Crippen LogP contribution in [0.3, 0.4) is 0 Å². The van der Waals surface area contributed by atoms with E-state index in [-0.39, 0.29) is 12.5 Å². The maximum atomic E-state index is 11.2. The van der Waals surface area contributed by atoms with Crippen molar-refractivity contribution in [3.63, 3.8) is 0 Å². The fourth-order valence-electron chi connectivity index (χ4n) is 0.938. The molecule has 5 nitrogen and oxygen atoms in total. The molecule has 0 unspecified atom stereocenters. The second kappa shape index (κ2) is 5.75. The molecule has 0 heterocycles. The summed E-state index contributed by atoms with van der Waals surface area (Å²) in [6, 6.07) is 8.65. The van der Waals surface area contributed by atoms with Gasteiger partial charge in [-0.1, -0.05) is 18.2 Å². The number of amides is 2. The fourth-order valence-corrected chi connectivity index (χ4v) is 0.938. The van der Waals surface area contributed by atoms with E-state index in [2.05, 4.69) is 5.32 Å². The minimum absolute atomic E-state index is 0.0708. The number of likely N-dealkylation sites (N-methyl/N-ethyl adjacent to an activating group) is 1. The van der Waals surface area contributed by atoms with Gasteiger partial charge < -0.3 is 15.0 Å². The third-order valence-electron chi connectivity index (χ3n) is 1.84. The molecule has 0 atom stereocenters. The van der Waals surface area contributed by atoms with Gasteiger partial charge in [0.05, 0.1) is 0 Å². The van der Waals surface area contributed by atoms with E-state index in [4.69, 9.17) is 4.74 Å². The summed E-state index contributed by atoms with van der Waals surface area (Å²) in [6.45, 7) is -0.0708. The van der Waals surface area contributed by atoms with Gasteiger partial charge in [-0.15, -0.1) is 0 Å². The van der Waals surface area contributed by atoms with Gasteiger partial charge in [-0.05, 0) is 12.1 Å². The molecule has 0 saturated carbocycles. The number of hydrogen-bond donors (Lipinski definition) is 1. The fraction of sp³-hybridized carbons (Fsp3) is 0.273. The van der Waals surface area contributed by atoms with Crippen molar-refractivity contribution in [2.75, 3.05) is 20.6 Å². The molecule has 86 valence electrons. The number of hydrogen-bond acceptors (Lipinski definition) is 3. The average Bonchev–Trinajstić information content (AvgIpc) is 2.27. The zero-order chi connectivity index (χ0) is 12.0. The van der Waals surface area contributed by atoms with Crippen LogP contribution in [0.2, 0.25) is 0 Å². The number of nitrogens with one attached hydrogen (secondary N) is 1. The van der Waals surface area contributed by atoms with E-state index in [0.717, 1.165) is 0 Å². The van der Waals surface area contributed by atoms with Crippen LogP contribution < -0.4 is 10.1 Å². The molecule has 0 radical (unpaired) electrons. The second-order valence-corrected chi connectivity index (χ2v) is 3.34. The molecule has 5 heteroatoms. The van der Waals surface area contributed by atoms with Crippen LogP contribution in [-0.2, 0) is 4.79 Å². The van der Waals surface area contributed by atoms with Crippen LogP contribution in [0.4, 0.5) is 4.79 Å². The summed E-state index contributed by atoms with van der Waals surface area (Å²) in [7, 11) is 3.24. The monoisotopic (exact) mass is 222 g/mol. The molecular formula is C11H14N2O3. The lowest BCUT2D eigenvalue weighted by atomic mass is 10.3. The normalized spacial score (nSPS) is 9.38. The lowest BCUT2D eigenvalue weighted by Crippen LogP contribution is -2.37. The van der Waals surface area contributed by atoms with Crippen molar-refractivity contribution < 1.29 is 14.3 Å². The first-order valence-corrected chi connectivity index (χ1v) is 4.80. The van der Waals surface area contributed by atoms with E-state index in [1.54, 1.807) is 38.4 Å². The lowest BCUT2D eigenvalue weighted by Gasteiger charge is -2.10. The van der Waals surface area contributed by atoms with Crippen molar-refractivity contribution in [1.82, 2.24) is 10.2 Å². The molecule has 0 aliphatic carbocycles. The zero-order valence-electron chi connectivity index (χ0n) is 9.27. The van der Waals surface area contributed by atoms with E-state index in [1.807, 2.05) is 6.07 Å². The van der Waals surface area contributed by atoms with Crippen LogP contribution in [0, 0.1) is 0 Å². The maximum absolute atomic E-state index is 11.2. The second-order valence-electron chi connectivity index (χ2n) is 3.34. The smallest absolute Gasteiger partial charge is 0.410 e. The van der Waals surface area contributed by atoms with Gasteiger partial charge in [0.1, 0.15) is 12.3 Å². The van der Waals surface area contributed by atoms with Crippen LogP contribution >= 0.6 is 0 Å². The standard InChI is InChI=1S/C11H14N2O3/c1-13(2)10(14)8-12-11(15)16-9-6-4-3-5-7-9/h3-7H,8H2,1-2H3,(H,12,15). The molecule has 1 aromatic carbocycles. The third kappa shape index (κ3) is 4.00. The van der Waals surface area contributed by atoms with Gasteiger partial charge in [0.25, 0.3) is 0 Å². The van der Waals surface area contributed by atoms with Crippen LogP contribution in [0.5, 0.6) is 5.75 Å². The SMILES string of the molecule is CN(C)C(=O)CNC(=O)Oc1ccccc1. The number of rotatable bonds is 3. The molecular weight excluding hydrogens is 208 g/mol. The van der Waals surface area contributed by atoms with Gasteiger partial charge in [-0.2, -0.15) is 0 Å². The van der Waals surface area contributed by atoms with E-state index < -0.39 is 6.09 Å². The van der Waals surface area contributed by atoms with Crippen LogP contribution in [-0.4, -0.2) is 37.5 Å². The van der Waals surface area contributed by atoms with Crippen LogP contribution in [0.25, 0.3) is 0 Å². The molecule has 0 bridgehead atoms. The first-order valence-electron chi connectivity index (χ1n) is 4.80. The molecule has 2 amide bonds. The Morgan fingerprint density at radius 1 is 1.25 bits per heavy atom. The highest BCUT2D eigenvalue weighted by Crippen LogP contribution is 2.07. The molecule has 0 saturated heterocycles. The lowest BCUT2D eigenvalue weighted by molar-refractivity contribution is -0.127. The largest absolute Gasteiger partial charge is 0.413 e. The van der Waals surface area contributed by atoms with Crippen LogP contribution in [0.1, 0.15) is 0 Å². The Morgan fingerprint density at radius 3 is 2.44 bits per heavy atom. The van der Waals surface area contributed by atoms with Crippen molar-refractivity contribution in [3.05, 3.63) is 30.3 Å². The van der Waals surface area contributed by atoms with Crippen molar-refractivity contribution >= 4 is 12.0 Å². The van der Waals surface area contributed by atoms with Crippen molar-refractivity contribution in [1.29, 1.82) is 0 Å². The average molecular weight is 222 g/mol. The molecule has 0 aromatic heterocycles. The van der Waals surface area contributed by atoms with Crippen molar-refractivity contribution in [2.45, 2.75) is 0 Å². The molecule has 0 aliphatic rings. The van der Waals surface area contributed by atoms with Gasteiger partial charge in [-0.3, -0.25) is 4.79 Å². The third-order valence-corrected chi connectivity index (χ3v) is 1.84. The highest BCUT2D eigenvalue weighted by Gasteiger charge is 2.08. The summed E-state index contributed by atoms with van der Waals surface area (Å²) in [5.41, 5.74) is 0. The number of ether oxygens (including phenoxy) is 1. The Bertz CT molecular complexity index is 363. The first-order chi connectivity index (χ1) is 7.59. The topological polar surface area (TPSA) is 58.6 Å². The van der Waals surface area contributed by atoms with Crippen LogP contribution in [0.15, 0.2) is 30.3 Å². The van der Waals surface area contributed by atoms with E-state index in [9.17, 15) is 9.59 Å². The highest BCUT2D eigenvalue weighted by molar-refractivity contribution is 5.82. The molecule has 0 spiro atoms. The van der Waals surface area contributed by atoms with E-state index >= 15 is 0 Å². The van der Waals surface area contributed by atoms with Gasteiger partial charge in [0.2, 0.25) is 5.91 Å². The summed E-state index contributed by atoms with van der Waals surface area (Å²) >= 11 is 0. The minimum atomic E-state index is -0.638. The molecule has 1 N–H and O–H groups in total. The Balaban J connectivity index is 2.35. The van der Waals surface area contributed by atoms with Crippen molar-refractivity contribution in [3.8, 4) is 5.75 Å². The predicted molar refractivity (Wildman–Crippen MR) is 59.2 cm³/mol. The Kier molecular flexibility index (Phi) is 4.32. The Labute approximate surface area is 94.0 Å². The summed E-state index contributed by atoms with van der Waals surface area (Å²) < 4.78 is 4.92. The predicted octanol–water partition coefficient (Wildman–Crippen LogP) is 0.863. The number of benzene rings is 1. The molecule has 0 fully saturated rings. The minimum Gasteiger partial charge on any atom is -0.410 e. The van der Waals surface area contributed by atoms with Gasteiger partial charge in [0, 0.05) is 14.1 Å². The highest BCUT2D eigenvalue weighted by atomic mass is 16.6. The Hall–Kier alpha value is -2.04. The summed E-state index contributed by atoms with van der Waals surface area (Å²) in [4.78, 5) is 23.8. The van der Waals surface area contributed by atoms with E-state index in [0.29, 0.717) is 5.75 Å². The number of para-hydroxylation sites is 1. The maximum Gasteiger partial charge on any atom is 0.413 e. The molecule has 16 heavy (non-hydrogen) atoms. The molecule has 1 rings (SSSR count). The first kappa shape index (κ1) is 12.0. The summed E-state index contributed by atoms with van der Waals surface area (Å²) in [5.74, 6) is 0.252. The summed E-state index contributed by atoms with van der Waals surface area (Å²) in [6.07, 6.45) is -0.638.